The predicted octanol–water partition coefficient (Wildman–Crippen LogP) is 2.76. The van der Waals surface area contributed by atoms with E-state index < -0.39 is 0 Å². The van der Waals surface area contributed by atoms with Gasteiger partial charge in [-0.1, -0.05) is 13.8 Å². The van der Waals surface area contributed by atoms with Gasteiger partial charge in [0.1, 0.15) is 11.6 Å². The van der Waals surface area contributed by atoms with Crippen LogP contribution in [-0.4, -0.2) is 20.2 Å². The smallest absolute Gasteiger partial charge is 0.123 e. The maximum absolute atomic E-state index is 12.9. The van der Waals surface area contributed by atoms with Crippen molar-refractivity contribution in [2.75, 3.05) is 20.2 Å². The second-order valence-electron chi connectivity index (χ2n) is 4.89. The summed E-state index contributed by atoms with van der Waals surface area (Å²) < 4.78 is 18.6. The van der Waals surface area contributed by atoms with Crippen LogP contribution in [-0.2, 0) is 0 Å². The number of hydrogen-bond donors (Lipinski definition) is 1. The minimum Gasteiger partial charge on any atom is -0.493 e. The normalized spacial score (nSPS) is 11.6. The standard InChI is InChI=1S/C13H20FNO/c1-10-7-11(14)5-6-12(10)16-9-13(2,3)8-15-4/h5-7,15H,8-9H2,1-4H3. The maximum Gasteiger partial charge on any atom is 0.123 e. The highest BCUT2D eigenvalue weighted by Crippen LogP contribution is 2.22. The maximum atomic E-state index is 12.9. The lowest BCUT2D eigenvalue weighted by Gasteiger charge is -2.24. The Hall–Kier alpha value is -1.09. The summed E-state index contributed by atoms with van der Waals surface area (Å²) in [5, 5.41) is 3.13. The molecule has 2 nitrogen and oxygen atoms in total. The van der Waals surface area contributed by atoms with Crippen LogP contribution < -0.4 is 10.1 Å². The van der Waals surface area contributed by atoms with E-state index in [1.165, 1.54) is 12.1 Å². The third kappa shape index (κ3) is 3.81. The second kappa shape index (κ2) is 5.30. The molecule has 16 heavy (non-hydrogen) atoms. The van der Waals surface area contributed by atoms with Crippen LogP contribution in [0.2, 0.25) is 0 Å². The minimum absolute atomic E-state index is 0.0651. The number of nitrogens with one attached hydrogen (secondary N) is 1. The molecule has 0 fully saturated rings. The number of rotatable bonds is 5. The van der Waals surface area contributed by atoms with Crippen LogP contribution >= 0.6 is 0 Å². The highest BCUT2D eigenvalue weighted by atomic mass is 19.1. The van der Waals surface area contributed by atoms with E-state index >= 15 is 0 Å². The van der Waals surface area contributed by atoms with Crippen molar-refractivity contribution in [1.82, 2.24) is 5.32 Å². The van der Waals surface area contributed by atoms with Gasteiger partial charge >= 0.3 is 0 Å². The van der Waals surface area contributed by atoms with Crippen molar-refractivity contribution in [1.29, 1.82) is 0 Å². The Kier molecular flexibility index (Phi) is 4.30. The summed E-state index contributed by atoms with van der Waals surface area (Å²) in [4.78, 5) is 0. The lowest BCUT2D eigenvalue weighted by molar-refractivity contribution is 0.178. The number of hydrogen-bond acceptors (Lipinski definition) is 2. The van der Waals surface area contributed by atoms with Gasteiger partial charge in [0.05, 0.1) is 6.61 Å². The van der Waals surface area contributed by atoms with E-state index in [0.717, 1.165) is 17.9 Å². The lowest BCUT2D eigenvalue weighted by atomic mass is 9.95. The molecule has 1 rings (SSSR count). The van der Waals surface area contributed by atoms with Crippen LogP contribution in [0.1, 0.15) is 19.4 Å². The average molecular weight is 225 g/mol. The van der Waals surface area contributed by atoms with Crippen LogP contribution in [0.5, 0.6) is 5.75 Å². The fraction of sp³-hybridized carbons (Fsp3) is 0.538. The van der Waals surface area contributed by atoms with E-state index in [1.807, 2.05) is 14.0 Å². The molecule has 1 N–H and O–H groups in total. The van der Waals surface area contributed by atoms with Gasteiger partial charge < -0.3 is 10.1 Å². The molecule has 0 bridgehead atoms. The van der Waals surface area contributed by atoms with Crippen LogP contribution in [0.4, 0.5) is 4.39 Å². The predicted molar refractivity (Wildman–Crippen MR) is 64.3 cm³/mol. The van der Waals surface area contributed by atoms with Crippen LogP contribution in [0, 0.1) is 18.2 Å². The van der Waals surface area contributed by atoms with Gasteiger partial charge in [-0.3, -0.25) is 0 Å². The van der Waals surface area contributed by atoms with E-state index in [0.29, 0.717) is 6.61 Å². The van der Waals surface area contributed by atoms with Crippen LogP contribution in [0.25, 0.3) is 0 Å². The van der Waals surface area contributed by atoms with Gasteiger partial charge in [0.25, 0.3) is 0 Å². The highest BCUT2D eigenvalue weighted by Gasteiger charge is 2.18. The summed E-state index contributed by atoms with van der Waals surface area (Å²) in [6.45, 7) is 7.60. The first-order valence-corrected chi connectivity index (χ1v) is 5.48. The Bertz CT molecular complexity index is 350. The molecule has 0 aliphatic heterocycles. The molecular weight excluding hydrogens is 205 g/mol. The third-order valence-electron chi connectivity index (χ3n) is 2.41. The topological polar surface area (TPSA) is 21.3 Å². The number of halogens is 1. The van der Waals surface area contributed by atoms with Crippen molar-refractivity contribution >= 4 is 0 Å². The van der Waals surface area contributed by atoms with Crippen LogP contribution in [0.3, 0.4) is 0 Å². The van der Waals surface area contributed by atoms with Gasteiger partial charge in [-0.2, -0.15) is 0 Å². The van der Waals surface area contributed by atoms with Crippen molar-refractivity contribution in [3.05, 3.63) is 29.6 Å². The van der Waals surface area contributed by atoms with E-state index in [-0.39, 0.29) is 11.2 Å². The molecule has 0 spiro atoms. The average Bonchev–Trinajstić information content (AvgIpc) is 2.16. The van der Waals surface area contributed by atoms with Gasteiger partial charge in [-0.15, -0.1) is 0 Å². The number of aryl methyl sites for hydroxylation is 1. The van der Waals surface area contributed by atoms with Gasteiger partial charge in [0, 0.05) is 12.0 Å². The number of benzene rings is 1. The summed E-state index contributed by atoms with van der Waals surface area (Å²) in [6.07, 6.45) is 0. The van der Waals surface area contributed by atoms with E-state index in [4.69, 9.17) is 4.74 Å². The van der Waals surface area contributed by atoms with Crippen LogP contribution in [0.15, 0.2) is 18.2 Å². The lowest BCUT2D eigenvalue weighted by Crippen LogP contribution is -2.32. The quantitative estimate of drug-likeness (QED) is 0.832. The first-order valence-electron chi connectivity index (χ1n) is 5.48. The summed E-state index contributed by atoms with van der Waals surface area (Å²) in [6, 6.07) is 4.59. The van der Waals surface area contributed by atoms with E-state index in [9.17, 15) is 4.39 Å². The van der Waals surface area contributed by atoms with Gasteiger partial charge in [0.15, 0.2) is 0 Å². The highest BCUT2D eigenvalue weighted by molar-refractivity contribution is 5.32. The Morgan fingerprint density at radius 2 is 2.06 bits per heavy atom. The third-order valence-corrected chi connectivity index (χ3v) is 2.41. The molecule has 0 saturated carbocycles. The van der Waals surface area contributed by atoms with Crippen molar-refractivity contribution in [3.8, 4) is 5.75 Å². The first kappa shape index (κ1) is 13.0. The van der Waals surface area contributed by atoms with Crippen molar-refractivity contribution in [2.24, 2.45) is 5.41 Å². The molecule has 90 valence electrons. The monoisotopic (exact) mass is 225 g/mol. The second-order valence-corrected chi connectivity index (χ2v) is 4.89. The molecule has 0 radical (unpaired) electrons. The Morgan fingerprint density at radius 1 is 1.38 bits per heavy atom. The molecular formula is C13H20FNO. The summed E-state index contributed by atoms with van der Waals surface area (Å²) in [5.74, 6) is 0.532. The van der Waals surface area contributed by atoms with Crippen molar-refractivity contribution in [2.45, 2.75) is 20.8 Å². The molecule has 1 aromatic rings. The molecule has 0 saturated heterocycles. The molecule has 0 heterocycles. The molecule has 0 aliphatic carbocycles. The van der Waals surface area contributed by atoms with Gasteiger partial charge in [0.2, 0.25) is 0 Å². The summed E-state index contributed by atoms with van der Waals surface area (Å²) in [7, 11) is 1.92. The fourth-order valence-electron chi connectivity index (χ4n) is 1.58. The fourth-order valence-corrected chi connectivity index (χ4v) is 1.58. The Morgan fingerprint density at radius 3 is 2.62 bits per heavy atom. The largest absolute Gasteiger partial charge is 0.493 e. The van der Waals surface area contributed by atoms with Crippen molar-refractivity contribution < 1.29 is 9.13 Å². The van der Waals surface area contributed by atoms with Gasteiger partial charge in [-0.05, 0) is 37.7 Å². The zero-order valence-electron chi connectivity index (χ0n) is 10.4. The zero-order chi connectivity index (χ0) is 12.2. The first-order chi connectivity index (χ1) is 7.44. The molecule has 3 heteroatoms. The molecule has 0 aromatic heterocycles. The summed E-state index contributed by atoms with van der Waals surface area (Å²) >= 11 is 0. The zero-order valence-corrected chi connectivity index (χ0v) is 10.4. The van der Waals surface area contributed by atoms with Crippen molar-refractivity contribution in [3.63, 3.8) is 0 Å². The Labute approximate surface area is 96.8 Å². The van der Waals surface area contributed by atoms with E-state index in [2.05, 4.69) is 19.2 Å². The minimum atomic E-state index is -0.223. The number of ether oxygens (including phenoxy) is 1. The SMILES string of the molecule is CNCC(C)(C)COc1ccc(F)cc1C. The molecule has 0 unspecified atom stereocenters. The molecule has 0 amide bonds. The summed E-state index contributed by atoms with van der Waals surface area (Å²) in [5.41, 5.74) is 0.899. The van der Waals surface area contributed by atoms with Gasteiger partial charge in [-0.25, -0.2) is 4.39 Å². The molecule has 1 aromatic carbocycles. The van der Waals surface area contributed by atoms with E-state index in [1.54, 1.807) is 6.07 Å². The Balaban J connectivity index is 2.61. The molecule has 0 atom stereocenters. The molecule has 0 aliphatic rings.